The van der Waals surface area contributed by atoms with Crippen molar-refractivity contribution in [1.29, 1.82) is 0 Å². The first-order chi connectivity index (χ1) is 22.1. The van der Waals surface area contributed by atoms with Crippen LogP contribution in [0, 0.1) is 20.8 Å². The lowest BCUT2D eigenvalue weighted by Crippen LogP contribution is -2.56. The third kappa shape index (κ3) is 3.98. The van der Waals surface area contributed by atoms with E-state index in [1.54, 1.807) is 0 Å². The van der Waals surface area contributed by atoms with Gasteiger partial charge in [0.1, 0.15) is 5.82 Å². The van der Waals surface area contributed by atoms with E-state index in [0.29, 0.717) is 5.92 Å². The van der Waals surface area contributed by atoms with E-state index in [-0.39, 0.29) is 12.8 Å². The molecule has 45 heavy (non-hydrogen) atoms. The standard InChI is InChI=1S/C41H33BN2S/c1-26-23-27(2)40(28(3)24-26)42-33-17-9-12-20-37(33)45-38-25-30(21-22-34(38)42)44-36-19-11-8-16-32(36)39-31-15-7-10-18-35(31)43(41(39)44)29-13-5-4-6-14-29/h4-25,31,35H,1-3H3. The Morgan fingerprint density at radius 3 is 2.20 bits per heavy atom. The Morgan fingerprint density at radius 1 is 0.644 bits per heavy atom. The lowest BCUT2D eigenvalue weighted by molar-refractivity contribution is 0.741. The molecule has 0 amide bonds. The Hall–Kier alpha value is -4.67. The fourth-order valence-corrected chi connectivity index (χ4v) is 9.43. The fourth-order valence-electron chi connectivity index (χ4n) is 8.26. The molecule has 0 spiro atoms. The van der Waals surface area contributed by atoms with Crippen molar-refractivity contribution >= 4 is 57.3 Å². The van der Waals surface area contributed by atoms with Gasteiger partial charge < -0.3 is 4.90 Å². The average molecular weight is 597 g/mol. The van der Waals surface area contributed by atoms with Crippen LogP contribution in [0.15, 0.2) is 143 Å². The van der Waals surface area contributed by atoms with Crippen molar-refractivity contribution in [3.63, 3.8) is 0 Å². The van der Waals surface area contributed by atoms with Crippen molar-refractivity contribution in [1.82, 2.24) is 4.57 Å². The highest BCUT2D eigenvalue weighted by Crippen LogP contribution is 2.53. The molecule has 0 bridgehead atoms. The second-order valence-corrected chi connectivity index (χ2v) is 13.8. The van der Waals surface area contributed by atoms with Gasteiger partial charge in [-0.25, -0.2) is 0 Å². The molecule has 2 unspecified atom stereocenters. The second kappa shape index (κ2) is 10.2. The minimum Gasteiger partial charge on any atom is -0.319 e. The molecule has 0 saturated heterocycles. The summed E-state index contributed by atoms with van der Waals surface area (Å²) in [7, 11) is 0. The van der Waals surface area contributed by atoms with Gasteiger partial charge in [-0.15, -0.1) is 0 Å². The van der Waals surface area contributed by atoms with Crippen molar-refractivity contribution in [2.24, 2.45) is 0 Å². The molecule has 1 aromatic heterocycles. The minimum absolute atomic E-state index is 0.207. The Bertz CT molecular complexity index is 2190. The molecule has 9 rings (SSSR count). The van der Waals surface area contributed by atoms with Crippen LogP contribution in [0.2, 0.25) is 0 Å². The summed E-state index contributed by atoms with van der Waals surface area (Å²) in [6.45, 7) is 6.97. The zero-order valence-electron chi connectivity index (χ0n) is 25.7. The molecule has 0 N–H and O–H groups in total. The molecule has 0 saturated carbocycles. The van der Waals surface area contributed by atoms with Crippen LogP contribution < -0.4 is 21.3 Å². The van der Waals surface area contributed by atoms with Gasteiger partial charge in [-0.05, 0) is 57.2 Å². The zero-order chi connectivity index (χ0) is 30.2. The number of anilines is 2. The molecule has 0 radical (unpaired) electrons. The van der Waals surface area contributed by atoms with Crippen molar-refractivity contribution in [2.45, 2.75) is 42.5 Å². The summed E-state index contributed by atoms with van der Waals surface area (Å²) in [4.78, 5) is 5.24. The van der Waals surface area contributed by atoms with Gasteiger partial charge in [-0.3, -0.25) is 4.57 Å². The van der Waals surface area contributed by atoms with E-state index in [9.17, 15) is 0 Å². The van der Waals surface area contributed by atoms with Gasteiger partial charge >= 0.3 is 0 Å². The van der Waals surface area contributed by atoms with E-state index in [1.165, 1.54) is 76.5 Å². The maximum atomic E-state index is 2.56. The largest absolute Gasteiger partial charge is 0.319 e. The van der Waals surface area contributed by atoms with E-state index in [0.717, 1.165) is 0 Å². The number of hydrogen-bond donors (Lipinski definition) is 0. The van der Waals surface area contributed by atoms with Gasteiger partial charge in [0.05, 0.1) is 11.6 Å². The van der Waals surface area contributed by atoms with E-state index in [1.807, 2.05) is 11.8 Å². The number of aromatic nitrogens is 1. The second-order valence-electron chi connectivity index (χ2n) is 12.7. The third-order valence-corrected chi connectivity index (χ3v) is 11.1. The van der Waals surface area contributed by atoms with Gasteiger partial charge in [-0.1, -0.05) is 142 Å². The zero-order valence-corrected chi connectivity index (χ0v) is 26.6. The van der Waals surface area contributed by atoms with Gasteiger partial charge in [0.15, 0.2) is 0 Å². The molecular formula is C41H33BN2S. The molecule has 0 fully saturated rings. The molecular weight excluding hydrogens is 563 g/mol. The van der Waals surface area contributed by atoms with Crippen LogP contribution in [0.5, 0.6) is 0 Å². The molecule has 3 heterocycles. The topological polar surface area (TPSA) is 8.17 Å². The highest BCUT2D eigenvalue weighted by atomic mass is 32.2. The quantitative estimate of drug-likeness (QED) is 0.190. The molecule has 216 valence electrons. The Balaban J connectivity index is 1.29. The van der Waals surface area contributed by atoms with E-state index in [2.05, 4.69) is 164 Å². The van der Waals surface area contributed by atoms with Crippen molar-refractivity contribution in [3.8, 4) is 5.69 Å². The Kier molecular flexibility index (Phi) is 6.05. The maximum absolute atomic E-state index is 2.56. The normalized spacial score (nSPS) is 17.8. The van der Waals surface area contributed by atoms with Crippen molar-refractivity contribution in [3.05, 3.63) is 156 Å². The summed E-state index contributed by atoms with van der Waals surface area (Å²) in [6.07, 6.45) is 9.18. The van der Waals surface area contributed by atoms with E-state index >= 15 is 0 Å². The van der Waals surface area contributed by atoms with Gasteiger partial charge in [0, 0.05) is 38.0 Å². The molecule has 3 aliphatic rings. The first-order valence-electron chi connectivity index (χ1n) is 15.9. The first kappa shape index (κ1) is 26.7. The predicted octanol–water partition coefficient (Wildman–Crippen LogP) is 8.27. The number of nitrogens with zero attached hydrogens (tertiary/aromatic N) is 2. The van der Waals surface area contributed by atoms with Crippen molar-refractivity contribution < 1.29 is 0 Å². The van der Waals surface area contributed by atoms with Gasteiger partial charge in [0.25, 0.3) is 0 Å². The summed E-state index contributed by atoms with van der Waals surface area (Å²) in [5.74, 6) is 1.57. The lowest BCUT2D eigenvalue weighted by atomic mass is 9.35. The maximum Gasteiger partial charge on any atom is 0.244 e. The predicted molar refractivity (Wildman–Crippen MR) is 193 cm³/mol. The molecule has 5 aromatic carbocycles. The van der Waals surface area contributed by atoms with Crippen LogP contribution >= 0.6 is 11.8 Å². The molecule has 2 atom stereocenters. The Labute approximate surface area is 269 Å². The summed E-state index contributed by atoms with van der Waals surface area (Å²) in [5.41, 5.74) is 13.4. The summed E-state index contributed by atoms with van der Waals surface area (Å²) in [5, 5.41) is 1.33. The van der Waals surface area contributed by atoms with Crippen LogP contribution in [-0.4, -0.2) is 17.3 Å². The minimum atomic E-state index is 0.207. The SMILES string of the molecule is Cc1cc(C)c(B2c3ccccc3Sc3cc(-n4c5c(c6ccccc64)C4C=CC=CC4N5c4ccccc4)ccc32)c(C)c1. The van der Waals surface area contributed by atoms with Crippen LogP contribution in [0.3, 0.4) is 0 Å². The number of allylic oxidation sites excluding steroid dienone is 2. The summed E-state index contributed by atoms with van der Waals surface area (Å²) in [6, 6.07) is 41.0. The Morgan fingerprint density at radius 2 is 1.36 bits per heavy atom. The number of fused-ring (bicyclic) bond motifs is 7. The highest BCUT2D eigenvalue weighted by molar-refractivity contribution is 8.00. The van der Waals surface area contributed by atoms with E-state index in [4.69, 9.17) is 0 Å². The summed E-state index contributed by atoms with van der Waals surface area (Å²) < 4.78 is 2.52. The first-order valence-corrected chi connectivity index (χ1v) is 16.7. The molecule has 6 aromatic rings. The average Bonchev–Trinajstić information content (AvgIpc) is 3.57. The van der Waals surface area contributed by atoms with Crippen molar-refractivity contribution in [2.75, 3.05) is 4.90 Å². The highest BCUT2D eigenvalue weighted by Gasteiger charge is 2.42. The van der Waals surface area contributed by atoms with Crippen LogP contribution in [0.1, 0.15) is 28.2 Å². The van der Waals surface area contributed by atoms with E-state index < -0.39 is 0 Å². The van der Waals surface area contributed by atoms with Gasteiger partial charge in [0.2, 0.25) is 6.71 Å². The third-order valence-electron chi connectivity index (χ3n) is 9.93. The number of para-hydroxylation sites is 2. The van der Waals surface area contributed by atoms with Gasteiger partial charge in [-0.2, -0.15) is 0 Å². The van der Waals surface area contributed by atoms with Crippen LogP contribution in [0.4, 0.5) is 11.5 Å². The number of rotatable bonds is 3. The lowest BCUT2D eigenvalue weighted by Gasteiger charge is -2.31. The molecule has 2 nitrogen and oxygen atoms in total. The number of aryl methyl sites for hydroxylation is 3. The fraction of sp³-hybridized carbons (Fsp3) is 0.122. The smallest absolute Gasteiger partial charge is 0.244 e. The number of hydrogen-bond acceptors (Lipinski definition) is 2. The molecule has 1 aliphatic carbocycles. The van der Waals surface area contributed by atoms with Crippen LogP contribution in [0.25, 0.3) is 16.6 Å². The summed E-state index contributed by atoms with van der Waals surface area (Å²) >= 11 is 1.91. The monoisotopic (exact) mass is 596 g/mol. The molecule has 4 heteroatoms. The number of benzene rings is 5. The molecule has 2 aliphatic heterocycles. The van der Waals surface area contributed by atoms with Crippen LogP contribution in [-0.2, 0) is 0 Å².